The largest absolute Gasteiger partial charge is 0.459 e. The van der Waals surface area contributed by atoms with E-state index < -0.39 is 64.7 Å². The molecule has 0 radical (unpaired) electrons. The van der Waals surface area contributed by atoms with Crippen LogP contribution in [-0.2, 0) is 45.0 Å². The van der Waals surface area contributed by atoms with Gasteiger partial charge in [0.25, 0.3) is 5.60 Å². The molecule has 7 atom stereocenters. The minimum Gasteiger partial charge on any atom is -0.459 e. The summed E-state index contributed by atoms with van der Waals surface area (Å²) in [5.41, 5.74) is -3.51. The molecule has 1 spiro atoms. The molecule has 0 aromatic carbocycles. The number of rotatable bonds is 3. The van der Waals surface area contributed by atoms with E-state index in [0.717, 1.165) is 17.3 Å². The zero-order chi connectivity index (χ0) is 27.8. The Kier molecular flexibility index (Phi) is 6.16. The summed E-state index contributed by atoms with van der Waals surface area (Å²) in [4.78, 5) is 58.4. The second-order valence-electron chi connectivity index (χ2n) is 12.1. The molecular weight excluding hydrogens is 496 g/mol. The molecule has 1 N–H and O–H groups in total. The maximum absolute atomic E-state index is 13.3. The smallest absolute Gasteiger partial charge is 0.371 e. The summed E-state index contributed by atoms with van der Waals surface area (Å²) >= 11 is 0. The van der Waals surface area contributed by atoms with E-state index in [0.29, 0.717) is 24.2 Å². The number of carbonyl (C=O) groups is 3. The molecule has 5 aliphatic rings. The first-order valence-electron chi connectivity index (χ1n) is 13.2. The van der Waals surface area contributed by atoms with Crippen LogP contribution in [0.3, 0.4) is 0 Å². The minimum atomic E-state index is -2.09. The Labute approximate surface area is 221 Å². The van der Waals surface area contributed by atoms with E-state index in [4.69, 9.17) is 24.0 Å². The second-order valence-corrected chi connectivity index (χ2v) is 12.1. The van der Waals surface area contributed by atoms with Crippen LogP contribution in [0, 0.1) is 37.5 Å². The topological polar surface area (TPSA) is 143 Å². The molecule has 11 heteroatoms. The van der Waals surface area contributed by atoms with Crippen LogP contribution in [0.5, 0.6) is 0 Å². The number of nitrogens with zero attached hydrogens (tertiary/aromatic N) is 2. The third-order valence-electron chi connectivity index (χ3n) is 9.00. The van der Waals surface area contributed by atoms with Crippen molar-refractivity contribution in [2.75, 3.05) is 0 Å². The van der Waals surface area contributed by atoms with Gasteiger partial charge in [0.1, 0.15) is 12.2 Å². The van der Waals surface area contributed by atoms with Crippen molar-refractivity contribution in [2.24, 2.45) is 16.7 Å². The van der Waals surface area contributed by atoms with E-state index in [1.165, 1.54) is 0 Å². The highest BCUT2D eigenvalue weighted by molar-refractivity contribution is 5.91. The van der Waals surface area contributed by atoms with Crippen LogP contribution in [-0.4, -0.2) is 62.5 Å². The molecule has 38 heavy (non-hydrogen) atoms. The number of aliphatic hydroxyl groups is 1. The number of aromatic nitrogens is 2. The van der Waals surface area contributed by atoms with Crippen LogP contribution in [0.15, 0.2) is 0 Å². The van der Waals surface area contributed by atoms with Crippen molar-refractivity contribution in [2.45, 2.75) is 110 Å². The molecule has 6 unspecified atom stereocenters. The highest BCUT2D eigenvalue weighted by Gasteiger charge is 2.93. The van der Waals surface area contributed by atoms with Gasteiger partial charge in [-0.05, 0) is 39.5 Å². The van der Waals surface area contributed by atoms with Gasteiger partial charge in [-0.25, -0.2) is 9.59 Å². The first-order chi connectivity index (χ1) is 17.7. The SMILES string of the molecule is CC(C)C.Cc1nc(C)c(COC2C(=O)OOC34C(=O)OC5CCC2(C)C53CC2OC(=O)C[C@@]24O)nc1C. The summed E-state index contributed by atoms with van der Waals surface area (Å²) in [7, 11) is 0. The number of hydrogen-bond acceptors (Lipinski definition) is 11. The van der Waals surface area contributed by atoms with Gasteiger partial charge in [-0.1, -0.05) is 27.7 Å². The number of hydrogen-bond donors (Lipinski definition) is 1. The lowest BCUT2D eigenvalue weighted by Gasteiger charge is -2.47. The fraction of sp³-hybridized carbons (Fsp3) is 0.741. The summed E-state index contributed by atoms with van der Waals surface area (Å²) in [6.07, 6.45) is -2.27. The van der Waals surface area contributed by atoms with Gasteiger partial charge in [-0.15, -0.1) is 0 Å². The molecule has 3 saturated heterocycles. The standard InChI is InChI=1S/C23H26N2O9.C4H10/c1-10-11(2)25-13(12(3)24-10)9-30-17-18(27)33-34-23-19(28)32-14-5-6-20(17,4)21(14,23)7-15-22(23,29)8-16(26)31-15;1-4(2)3/h14-15,17,29H,5-9H2,1-4H3;4H,1-3H3/t14?,15?,17?,20?,21?,22-,23?;/m1./s1. The molecule has 3 aliphatic heterocycles. The Hall–Kier alpha value is -2.63. The Balaban J connectivity index is 0.000000689. The van der Waals surface area contributed by atoms with Crippen molar-refractivity contribution in [3.8, 4) is 0 Å². The second kappa shape index (κ2) is 8.69. The van der Waals surface area contributed by atoms with Gasteiger partial charge >= 0.3 is 17.9 Å². The lowest BCUT2D eigenvalue weighted by molar-refractivity contribution is -0.362. The maximum atomic E-state index is 13.3. The molecule has 1 aromatic heterocycles. The zero-order valence-electron chi connectivity index (χ0n) is 23.0. The number of fused-ring (bicyclic) bond motifs is 1. The summed E-state index contributed by atoms with van der Waals surface area (Å²) in [5.74, 6) is -1.48. The van der Waals surface area contributed by atoms with Crippen LogP contribution >= 0.6 is 0 Å². The highest BCUT2D eigenvalue weighted by Crippen LogP contribution is 2.76. The molecular formula is C27H36N2O9. The molecule has 0 bridgehead atoms. The summed E-state index contributed by atoms with van der Waals surface area (Å²) < 4.78 is 17.3. The molecule has 2 aliphatic carbocycles. The van der Waals surface area contributed by atoms with Gasteiger partial charge in [0, 0.05) is 11.8 Å². The van der Waals surface area contributed by atoms with Gasteiger partial charge < -0.3 is 19.3 Å². The number of esters is 2. The van der Waals surface area contributed by atoms with E-state index >= 15 is 0 Å². The van der Waals surface area contributed by atoms with Crippen molar-refractivity contribution in [3.05, 3.63) is 22.8 Å². The Morgan fingerprint density at radius 3 is 2.37 bits per heavy atom. The number of ether oxygens (including phenoxy) is 3. The van der Waals surface area contributed by atoms with E-state index in [-0.39, 0.29) is 13.0 Å². The van der Waals surface area contributed by atoms with E-state index in [2.05, 4.69) is 30.7 Å². The lowest BCUT2D eigenvalue weighted by Crippen LogP contribution is -2.66. The van der Waals surface area contributed by atoms with Crippen molar-refractivity contribution < 1.29 is 43.5 Å². The molecule has 6 rings (SSSR count). The first-order valence-corrected chi connectivity index (χ1v) is 13.2. The third-order valence-corrected chi connectivity index (χ3v) is 9.00. The molecule has 2 saturated carbocycles. The summed E-state index contributed by atoms with van der Waals surface area (Å²) in [6.45, 7) is 13.8. The maximum Gasteiger partial charge on any atom is 0.371 e. The molecule has 1 aromatic rings. The lowest BCUT2D eigenvalue weighted by atomic mass is 9.55. The normalized spacial score (nSPS) is 40.4. The van der Waals surface area contributed by atoms with Gasteiger partial charge in [0.15, 0.2) is 11.7 Å². The van der Waals surface area contributed by atoms with E-state index in [9.17, 15) is 19.5 Å². The van der Waals surface area contributed by atoms with E-state index in [1.807, 2.05) is 27.7 Å². The predicted molar refractivity (Wildman–Crippen MR) is 129 cm³/mol. The fourth-order valence-corrected chi connectivity index (χ4v) is 7.27. The van der Waals surface area contributed by atoms with Gasteiger partial charge in [0.2, 0.25) is 0 Å². The summed E-state index contributed by atoms with van der Waals surface area (Å²) in [5, 5.41) is 11.7. The van der Waals surface area contributed by atoms with Crippen LogP contribution < -0.4 is 0 Å². The first kappa shape index (κ1) is 27.0. The van der Waals surface area contributed by atoms with Crippen molar-refractivity contribution >= 4 is 17.9 Å². The molecule has 11 nitrogen and oxygen atoms in total. The van der Waals surface area contributed by atoms with Crippen molar-refractivity contribution in [1.29, 1.82) is 0 Å². The Bertz CT molecular complexity index is 1200. The predicted octanol–water partition coefficient (Wildman–Crippen LogP) is 2.34. The van der Waals surface area contributed by atoms with Crippen LogP contribution in [0.2, 0.25) is 0 Å². The molecule has 4 heterocycles. The number of aryl methyl sites for hydroxylation is 3. The molecule has 5 fully saturated rings. The third kappa shape index (κ3) is 3.27. The summed E-state index contributed by atoms with van der Waals surface area (Å²) in [6, 6.07) is 0. The average Bonchev–Trinajstić information content (AvgIpc) is 3.39. The number of carbonyl (C=O) groups excluding carboxylic acids is 3. The average molecular weight is 533 g/mol. The van der Waals surface area contributed by atoms with Crippen molar-refractivity contribution in [3.63, 3.8) is 0 Å². The molecule has 0 amide bonds. The van der Waals surface area contributed by atoms with Crippen LogP contribution in [0.1, 0.15) is 76.2 Å². The van der Waals surface area contributed by atoms with Gasteiger partial charge in [0.05, 0.1) is 41.2 Å². The Morgan fingerprint density at radius 2 is 1.68 bits per heavy atom. The van der Waals surface area contributed by atoms with Crippen LogP contribution in [0.4, 0.5) is 0 Å². The van der Waals surface area contributed by atoms with E-state index in [1.54, 1.807) is 0 Å². The highest BCUT2D eigenvalue weighted by atomic mass is 17.2. The monoisotopic (exact) mass is 532 g/mol. The zero-order valence-corrected chi connectivity index (χ0v) is 23.0. The van der Waals surface area contributed by atoms with Gasteiger partial charge in [-0.2, -0.15) is 4.89 Å². The van der Waals surface area contributed by atoms with Crippen LogP contribution in [0.25, 0.3) is 0 Å². The van der Waals surface area contributed by atoms with Crippen molar-refractivity contribution in [1.82, 2.24) is 9.97 Å². The van der Waals surface area contributed by atoms with Gasteiger partial charge in [-0.3, -0.25) is 19.7 Å². The minimum absolute atomic E-state index is 0.0134. The quantitative estimate of drug-likeness (QED) is 0.452. The fourth-order valence-electron chi connectivity index (χ4n) is 7.27. The molecule has 208 valence electrons. The Morgan fingerprint density at radius 1 is 1.03 bits per heavy atom.